The third-order valence-corrected chi connectivity index (χ3v) is 2.38. The summed E-state index contributed by atoms with van der Waals surface area (Å²) >= 11 is 5.86. The quantitative estimate of drug-likeness (QED) is 0.576. The average molecular weight is 232 g/mol. The summed E-state index contributed by atoms with van der Waals surface area (Å²) in [6.45, 7) is 0. The Labute approximate surface area is 99.0 Å². The maximum atomic E-state index is 11.3. The maximum Gasteiger partial charge on any atom is 0.216 e. The van der Waals surface area contributed by atoms with Crippen LogP contribution in [0.4, 0.5) is 0 Å². The van der Waals surface area contributed by atoms with Gasteiger partial charge in [-0.2, -0.15) is 4.73 Å². The minimum absolute atomic E-state index is 0.600. The minimum Gasteiger partial charge on any atom is -0.618 e. The third kappa shape index (κ3) is 2.61. The first-order valence-electron chi connectivity index (χ1n) is 4.87. The van der Waals surface area contributed by atoms with Crippen LogP contribution in [-0.2, 0) is 0 Å². The van der Waals surface area contributed by atoms with E-state index >= 15 is 0 Å². The van der Waals surface area contributed by atoms with E-state index in [0.717, 1.165) is 10.3 Å². The van der Waals surface area contributed by atoms with Crippen LogP contribution in [0.15, 0.2) is 48.7 Å². The molecule has 1 aromatic carbocycles. The van der Waals surface area contributed by atoms with Gasteiger partial charge in [0.25, 0.3) is 0 Å². The van der Waals surface area contributed by atoms with Gasteiger partial charge in [0, 0.05) is 23.2 Å². The van der Waals surface area contributed by atoms with E-state index in [9.17, 15) is 5.21 Å². The summed E-state index contributed by atoms with van der Waals surface area (Å²) in [5.41, 5.74) is 1.57. The molecule has 0 N–H and O–H groups in total. The van der Waals surface area contributed by atoms with Gasteiger partial charge < -0.3 is 5.21 Å². The van der Waals surface area contributed by atoms with Crippen molar-refractivity contribution in [2.45, 2.75) is 0 Å². The summed E-state index contributed by atoms with van der Waals surface area (Å²) in [5.74, 6) is 0. The van der Waals surface area contributed by atoms with Gasteiger partial charge in [-0.25, -0.2) is 0 Å². The molecule has 3 heteroatoms. The molecule has 0 fully saturated rings. The zero-order valence-corrected chi connectivity index (χ0v) is 9.26. The number of halogens is 1. The molecule has 0 unspecified atom stereocenters. The second-order valence-electron chi connectivity index (χ2n) is 3.34. The van der Waals surface area contributed by atoms with E-state index in [-0.39, 0.29) is 0 Å². The molecule has 0 aliphatic heterocycles. The van der Waals surface area contributed by atoms with Crippen LogP contribution < -0.4 is 4.73 Å². The fraction of sp³-hybridized carbons (Fsp3) is 0. The van der Waals surface area contributed by atoms with Crippen molar-refractivity contribution in [3.8, 4) is 0 Å². The van der Waals surface area contributed by atoms with Gasteiger partial charge in [0.05, 0.1) is 0 Å². The van der Waals surface area contributed by atoms with Crippen LogP contribution in [-0.4, -0.2) is 0 Å². The number of pyridine rings is 1. The number of aromatic nitrogens is 1. The van der Waals surface area contributed by atoms with E-state index in [1.165, 1.54) is 6.20 Å². The predicted molar refractivity (Wildman–Crippen MR) is 65.8 cm³/mol. The normalized spacial score (nSPS) is 10.8. The van der Waals surface area contributed by atoms with E-state index in [1.807, 2.05) is 36.4 Å². The second kappa shape index (κ2) is 4.81. The first kappa shape index (κ1) is 10.7. The molecule has 16 heavy (non-hydrogen) atoms. The Morgan fingerprint density at radius 1 is 1.06 bits per heavy atom. The van der Waals surface area contributed by atoms with Gasteiger partial charge in [0.2, 0.25) is 5.69 Å². The van der Waals surface area contributed by atoms with E-state index in [1.54, 1.807) is 18.2 Å². The fourth-order valence-corrected chi connectivity index (χ4v) is 1.56. The average Bonchev–Trinajstić information content (AvgIpc) is 2.28. The fourth-order valence-electron chi connectivity index (χ4n) is 1.36. The lowest BCUT2D eigenvalue weighted by atomic mass is 10.2. The summed E-state index contributed by atoms with van der Waals surface area (Å²) in [6, 6.07) is 12.7. The molecule has 0 amide bonds. The van der Waals surface area contributed by atoms with Crippen molar-refractivity contribution >= 4 is 23.8 Å². The van der Waals surface area contributed by atoms with E-state index in [0.29, 0.717) is 10.7 Å². The van der Waals surface area contributed by atoms with Crippen molar-refractivity contribution in [2.24, 2.45) is 0 Å². The lowest BCUT2D eigenvalue weighted by Gasteiger charge is -1.98. The lowest BCUT2D eigenvalue weighted by molar-refractivity contribution is -0.607. The highest BCUT2D eigenvalue weighted by molar-refractivity contribution is 6.30. The Morgan fingerprint density at radius 3 is 2.69 bits per heavy atom. The SMILES string of the molecule is [O-][n+]1ccccc1/C=C/c1cccc(Cl)c1. The minimum atomic E-state index is 0.600. The van der Waals surface area contributed by atoms with Crippen molar-refractivity contribution in [1.29, 1.82) is 0 Å². The zero-order valence-electron chi connectivity index (χ0n) is 8.51. The molecule has 2 aromatic rings. The highest BCUT2D eigenvalue weighted by Gasteiger charge is 1.97. The van der Waals surface area contributed by atoms with Crippen LogP contribution in [0.2, 0.25) is 5.02 Å². The van der Waals surface area contributed by atoms with Crippen molar-refractivity contribution < 1.29 is 4.73 Å². The molecule has 0 aliphatic carbocycles. The smallest absolute Gasteiger partial charge is 0.216 e. The maximum absolute atomic E-state index is 11.3. The molecule has 0 spiro atoms. The monoisotopic (exact) mass is 231 g/mol. The number of hydrogen-bond acceptors (Lipinski definition) is 1. The van der Waals surface area contributed by atoms with E-state index in [2.05, 4.69) is 0 Å². The molecule has 2 nitrogen and oxygen atoms in total. The van der Waals surface area contributed by atoms with Gasteiger partial charge in [-0.1, -0.05) is 23.7 Å². The Balaban J connectivity index is 2.25. The summed E-state index contributed by atoms with van der Waals surface area (Å²) in [5, 5.41) is 12.0. The summed E-state index contributed by atoms with van der Waals surface area (Å²) < 4.78 is 0.820. The van der Waals surface area contributed by atoms with Crippen molar-refractivity contribution in [2.75, 3.05) is 0 Å². The molecule has 1 heterocycles. The van der Waals surface area contributed by atoms with Gasteiger partial charge in [0.15, 0.2) is 6.20 Å². The van der Waals surface area contributed by atoms with Crippen molar-refractivity contribution in [3.05, 3.63) is 70.1 Å². The van der Waals surface area contributed by atoms with Gasteiger partial charge in [-0.05, 0) is 29.8 Å². The van der Waals surface area contributed by atoms with E-state index < -0.39 is 0 Å². The molecule has 0 aliphatic rings. The first-order valence-corrected chi connectivity index (χ1v) is 5.25. The Bertz CT molecular complexity index is 523. The summed E-state index contributed by atoms with van der Waals surface area (Å²) in [6.07, 6.45) is 5.09. The largest absolute Gasteiger partial charge is 0.618 e. The molecule has 0 radical (unpaired) electrons. The molecule has 0 saturated heterocycles. The number of rotatable bonds is 2. The Kier molecular flexibility index (Phi) is 3.22. The van der Waals surface area contributed by atoms with Crippen LogP contribution in [0.3, 0.4) is 0 Å². The topological polar surface area (TPSA) is 26.9 Å². The molecule has 2 rings (SSSR count). The highest BCUT2D eigenvalue weighted by Crippen LogP contribution is 2.12. The van der Waals surface area contributed by atoms with E-state index in [4.69, 9.17) is 11.6 Å². The molecule has 80 valence electrons. The van der Waals surface area contributed by atoms with Gasteiger partial charge in [-0.3, -0.25) is 0 Å². The number of nitrogens with zero attached hydrogens (tertiary/aromatic N) is 1. The van der Waals surface area contributed by atoms with Crippen LogP contribution in [0, 0.1) is 5.21 Å². The van der Waals surface area contributed by atoms with Crippen molar-refractivity contribution in [3.63, 3.8) is 0 Å². The zero-order chi connectivity index (χ0) is 11.4. The molecule has 0 atom stereocenters. The molecular formula is C13H10ClNO. The van der Waals surface area contributed by atoms with Gasteiger partial charge >= 0.3 is 0 Å². The lowest BCUT2D eigenvalue weighted by Crippen LogP contribution is -2.28. The molecule has 1 aromatic heterocycles. The third-order valence-electron chi connectivity index (χ3n) is 2.15. The van der Waals surface area contributed by atoms with Crippen LogP contribution >= 0.6 is 11.6 Å². The summed E-state index contributed by atoms with van der Waals surface area (Å²) in [7, 11) is 0. The Morgan fingerprint density at radius 2 is 1.94 bits per heavy atom. The molecular weight excluding hydrogens is 222 g/mol. The van der Waals surface area contributed by atoms with Gasteiger partial charge in [0.1, 0.15) is 0 Å². The first-order chi connectivity index (χ1) is 7.75. The summed E-state index contributed by atoms with van der Waals surface area (Å²) in [4.78, 5) is 0. The van der Waals surface area contributed by atoms with Crippen LogP contribution in [0.25, 0.3) is 12.2 Å². The molecule has 0 bridgehead atoms. The standard InChI is InChI=1S/C13H10ClNO/c14-12-5-3-4-11(10-12)7-8-13-6-1-2-9-15(13)16/h1-10H/b8-7+. The number of hydrogen-bond donors (Lipinski definition) is 0. The van der Waals surface area contributed by atoms with Crippen LogP contribution in [0.5, 0.6) is 0 Å². The van der Waals surface area contributed by atoms with Gasteiger partial charge in [-0.15, -0.1) is 0 Å². The van der Waals surface area contributed by atoms with Crippen molar-refractivity contribution in [1.82, 2.24) is 0 Å². The molecule has 0 saturated carbocycles. The number of benzene rings is 1. The Hall–Kier alpha value is -1.80. The second-order valence-corrected chi connectivity index (χ2v) is 3.78. The predicted octanol–water partition coefficient (Wildman–Crippen LogP) is 3.14. The van der Waals surface area contributed by atoms with Crippen LogP contribution in [0.1, 0.15) is 11.3 Å². The highest BCUT2D eigenvalue weighted by atomic mass is 35.5.